The first-order valence-corrected chi connectivity index (χ1v) is 7.12. The maximum Gasteiger partial charge on any atom is 0.241 e. The van der Waals surface area contributed by atoms with Gasteiger partial charge in [-0.2, -0.15) is 0 Å². The molecule has 0 heterocycles. The van der Waals surface area contributed by atoms with Crippen molar-refractivity contribution in [2.24, 2.45) is 0 Å². The summed E-state index contributed by atoms with van der Waals surface area (Å²) in [5.41, 5.74) is -0.608. The lowest BCUT2D eigenvalue weighted by Crippen LogP contribution is -2.46. The Morgan fingerprint density at radius 1 is 1.29 bits per heavy atom. The third kappa shape index (κ3) is 3.80. The molecule has 0 saturated carbocycles. The third-order valence-electron chi connectivity index (χ3n) is 2.88. The largest absolute Gasteiger partial charge is 0.396 e. The van der Waals surface area contributed by atoms with Crippen LogP contribution in [0.2, 0.25) is 0 Å². The summed E-state index contributed by atoms with van der Waals surface area (Å²) in [4.78, 5) is 0.248. The Balaban J connectivity index is 2.94. The quantitative estimate of drug-likeness (QED) is 0.812. The summed E-state index contributed by atoms with van der Waals surface area (Å²) in [5.74, 6) is 0. The van der Waals surface area contributed by atoms with Crippen LogP contribution < -0.4 is 4.72 Å². The highest BCUT2D eigenvalue weighted by Gasteiger charge is 2.28. The third-order valence-corrected chi connectivity index (χ3v) is 4.53. The molecule has 1 atom stereocenters. The Morgan fingerprint density at radius 2 is 1.88 bits per heavy atom. The first-order valence-electron chi connectivity index (χ1n) is 5.63. The van der Waals surface area contributed by atoms with Gasteiger partial charge >= 0.3 is 0 Å². The van der Waals surface area contributed by atoms with Crippen molar-refractivity contribution in [2.45, 2.75) is 37.1 Å². The zero-order valence-electron chi connectivity index (χ0n) is 10.2. The second kappa shape index (κ2) is 5.62. The molecule has 2 N–H and O–H groups in total. The predicted molar refractivity (Wildman–Crippen MR) is 67.2 cm³/mol. The summed E-state index contributed by atoms with van der Waals surface area (Å²) < 4.78 is 26.8. The van der Waals surface area contributed by atoms with Gasteiger partial charge in [0.05, 0.1) is 4.90 Å². The molecule has 0 fully saturated rings. The van der Waals surface area contributed by atoms with Crippen LogP contribution in [-0.4, -0.2) is 25.7 Å². The summed E-state index contributed by atoms with van der Waals surface area (Å²) in [6.45, 7) is 3.65. The summed E-state index contributed by atoms with van der Waals surface area (Å²) in [6.07, 6.45) is 1.02. The normalized spacial score (nSPS) is 15.5. The number of aliphatic hydroxyl groups is 1. The van der Waals surface area contributed by atoms with Crippen molar-refractivity contribution >= 4 is 10.0 Å². The van der Waals surface area contributed by atoms with Crippen LogP contribution in [0.1, 0.15) is 26.7 Å². The Hall–Kier alpha value is -0.910. The van der Waals surface area contributed by atoms with Crippen LogP contribution >= 0.6 is 0 Å². The van der Waals surface area contributed by atoms with Crippen molar-refractivity contribution in [2.75, 3.05) is 6.61 Å². The van der Waals surface area contributed by atoms with Crippen LogP contribution in [0.25, 0.3) is 0 Å². The summed E-state index contributed by atoms with van der Waals surface area (Å²) in [7, 11) is -3.51. The smallest absolute Gasteiger partial charge is 0.241 e. The standard InChI is InChI=1S/C12H19NO3S/c1-3-12(2,9-10-14)13-17(15,16)11-7-5-4-6-8-11/h4-8,13-14H,3,9-10H2,1-2H3. The van der Waals surface area contributed by atoms with Gasteiger partial charge in [0, 0.05) is 12.1 Å². The lowest BCUT2D eigenvalue weighted by Gasteiger charge is -2.28. The fraction of sp³-hybridized carbons (Fsp3) is 0.500. The molecule has 4 nitrogen and oxygen atoms in total. The van der Waals surface area contributed by atoms with Crippen LogP contribution in [0.4, 0.5) is 0 Å². The SMILES string of the molecule is CCC(C)(CCO)NS(=O)(=O)c1ccccc1. The van der Waals surface area contributed by atoms with Gasteiger partial charge < -0.3 is 5.11 Å². The Morgan fingerprint density at radius 3 is 2.35 bits per heavy atom. The Kier molecular flexibility index (Phi) is 4.68. The zero-order valence-corrected chi connectivity index (χ0v) is 11.0. The van der Waals surface area contributed by atoms with Crippen molar-refractivity contribution in [3.63, 3.8) is 0 Å². The van der Waals surface area contributed by atoms with E-state index in [4.69, 9.17) is 5.11 Å². The highest BCUT2D eigenvalue weighted by Crippen LogP contribution is 2.18. The maximum atomic E-state index is 12.1. The highest BCUT2D eigenvalue weighted by molar-refractivity contribution is 7.89. The number of hydrogen-bond donors (Lipinski definition) is 2. The van der Waals surface area contributed by atoms with E-state index < -0.39 is 15.6 Å². The van der Waals surface area contributed by atoms with E-state index in [1.54, 1.807) is 37.3 Å². The van der Waals surface area contributed by atoms with Crippen molar-refractivity contribution < 1.29 is 13.5 Å². The molecule has 0 amide bonds. The number of rotatable bonds is 6. The zero-order chi connectivity index (χ0) is 12.9. The second-order valence-electron chi connectivity index (χ2n) is 4.31. The van der Waals surface area contributed by atoms with E-state index in [9.17, 15) is 8.42 Å². The average molecular weight is 257 g/mol. The van der Waals surface area contributed by atoms with Gasteiger partial charge in [0.1, 0.15) is 0 Å². The van der Waals surface area contributed by atoms with E-state index in [0.717, 1.165) is 0 Å². The molecule has 5 heteroatoms. The number of sulfonamides is 1. The summed E-state index contributed by atoms with van der Waals surface area (Å²) in [6, 6.07) is 8.24. The van der Waals surface area contributed by atoms with Crippen LogP contribution in [0.5, 0.6) is 0 Å². The number of aliphatic hydroxyl groups excluding tert-OH is 1. The van der Waals surface area contributed by atoms with Gasteiger partial charge in [-0.1, -0.05) is 25.1 Å². The molecule has 0 spiro atoms. The molecule has 0 aromatic heterocycles. The van der Waals surface area contributed by atoms with Crippen LogP contribution in [0.3, 0.4) is 0 Å². The van der Waals surface area contributed by atoms with E-state index in [1.165, 1.54) is 0 Å². The molecule has 96 valence electrons. The monoisotopic (exact) mass is 257 g/mol. The fourth-order valence-corrected chi connectivity index (χ4v) is 3.06. The van der Waals surface area contributed by atoms with Gasteiger partial charge in [0.2, 0.25) is 10.0 Å². The van der Waals surface area contributed by atoms with E-state index in [2.05, 4.69) is 4.72 Å². The highest BCUT2D eigenvalue weighted by atomic mass is 32.2. The lowest BCUT2D eigenvalue weighted by atomic mass is 9.97. The van der Waals surface area contributed by atoms with Gasteiger partial charge in [0.25, 0.3) is 0 Å². The van der Waals surface area contributed by atoms with Gasteiger partial charge in [-0.15, -0.1) is 0 Å². The van der Waals surface area contributed by atoms with Gasteiger partial charge in [-0.25, -0.2) is 13.1 Å². The van der Waals surface area contributed by atoms with E-state index >= 15 is 0 Å². The first kappa shape index (κ1) is 14.2. The Bertz CT molecular complexity index is 444. The van der Waals surface area contributed by atoms with Crippen LogP contribution in [-0.2, 0) is 10.0 Å². The minimum atomic E-state index is -3.51. The number of benzene rings is 1. The number of nitrogens with one attached hydrogen (secondary N) is 1. The first-order chi connectivity index (χ1) is 7.93. The topological polar surface area (TPSA) is 66.4 Å². The molecular formula is C12H19NO3S. The molecule has 0 aliphatic rings. The van der Waals surface area contributed by atoms with E-state index in [1.807, 2.05) is 6.92 Å². The Labute approximate surface area is 103 Å². The minimum Gasteiger partial charge on any atom is -0.396 e. The molecule has 1 aromatic carbocycles. The molecular weight excluding hydrogens is 238 g/mol. The summed E-state index contributed by atoms with van der Waals surface area (Å²) >= 11 is 0. The molecule has 0 bridgehead atoms. The van der Waals surface area contributed by atoms with Crippen molar-refractivity contribution in [1.82, 2.24) is 4.72 Å². The van der Waals surface area contributed by atoms with Crippen molar-refractivity contribution in [3.8, 4) is 0 Å². The molecule has 1 unspecified atom stereocenters. The van der Waals surface area contributed by atoms with E-state index in [0.29, 0.717) is 12.8 Å². The lowest BCUT2D eigenvalue weighted by molar-refractivity contribution is 0.233. The summed E-state index contributed by atoms with van der Waals surface area (Å²) in [5, 5.41) is 8.97. The second-order valence-corrected chi connectivity index (χ2v) is 5.99. The molecule has 0 aliphatic heterocycles. The molecule has 1 rings (SSSR count). The van der Waals surface area contributed by atoms with E-state index in [-0.39, 0.29) is 11.5 Å². The molecule has 0 saturated heterocycles. The minimum absolute atomic E-state index is 0.0400. The molecule has 17 heavy (non-hydrogen) atoms. The van der Waals surface area contributed by atoms with Gasteiger partial charge in [-0.3, -0.25) is 0 Å². The fourth-order valence-electron chi connectivity index (χ4n) is 1.53. The molecule has 0 aliphatic carbocycles. The predicted octanol–water partition coefficient (Wildman–Crippen LogP) is 1.52. The van der Waals surface area contributed by atoms with Crippen molar-refractivity contribution in [3.05, 3.63) is 30.3 Å². The van der Waals surface area contributed by atoms with Crippen molar-refractivity contribution in [1.29, 1.82) is 0 Å². The van der Waals surface area contributed by atoms with Gasteiger partial charge in [-0.05, 0) is 31.9 Å². The van der Waals surface area contributed by atoms with Crippen LogP contribution in [0, 0.1) is 0 Å². The average Bonchev–Trinajstić information content (AvgIpc) is 2.30. The number of hydrogen-bond acceptors (Lipinski definition) is 3. The molecule has 0 radical (unpaired) electrons. The van der Waals surface area contributed by atoms with Gasteiger partial charge in [0.15, 0.2) is 0 Å². The molecule has 1 aromatic rings. The maximum absolute atomic E-state index is 12.1. The van der Waals surface area contributed by atoms with Crippen LogP contribution in [0.15, 0.2) is 35.2 Å².